The van der Waals surface area contributed by atoms with Crippen LogP contribution < -0.4 is 10.6 Å². The van der Waals surface area contributed by atoms with E-state index in [2.05, 4.69) is 16.9 Å². The van der Waals surface area contributed by atoms with Gasteiger partial charge in [0.15, 0.2) is 0 Å². The van der Waals surface area contributed by atoms with Crippen molar-refractivity contribution in [2.45, 2.75) is 13.8 Å². The molecule has 0 unspecified atom stereocenters. The van der Waals surface area contributed by atoms with Gasteiger partial charge in [-0.25, -0.2) is 4.79 Å². The van der Waals surface area contributed by atoms with Gasteiger partial charge in [0.2, 0.25) is 0 Å². The highest BCUT2D eigenvalue weighted by atomic mass is 16.2. The van der Waals surface area contributed by atoms with Crippen molar-refractivity contribution in [3.63, 3.8) is 0 Å². The topological polar surface area (TPSA) is 74.5 Å². The van der Waals surface area contributed by atoms with Gasteiger partial charge in [0.05, 0.1) is 5.69 Å². The Kier molecular flexibility index (Phi) is 3.55. The van der Waals surface area contributed by atoms with Gasteiger partial charge >= 0.3 is 6.03 Å². The number of nitrogens with zero attached hydrogens (tertiary/aromatic N) is 2. The fourth-order valence-electron chi connectivity index (χ4n) is 2.70. The van der Waals surface area contributed by atoms with E-state index in [4.69, 9.17) is 5.73 Å². The molecule has 5 heteroatoms. The maximum absolute atomic E-state index is 11.5. The molecule has 2 heterocycles. The normalized spacial score (nSPS) is 14.8. The molecular formula is C17H18N4O. The number of hydrogen-bond donors (Lipinski definition) is 2. The van der Waals surface area contributed by atoms with Crippen LogP contribution in [0.25, 0.3) is 11.1 Å². The number of amides is 2. The summed E-state index contributed by atoms with van der Waals surface area (Å²) in [6.07, 6.45) is 3.76. The van der Waals surface area contributed by atoms with E-state index in [9.17, 15) is 4.79 Å². The fourth-order valence-corrected chi connectivity index (χ4v) is 2.70. The molecule has 0 atom stereocenters. The Labute approximate surface area is 129 Å². The van der Waals surface area contributed by atoms with Gasteiger partial charge in [-0.3, -0.25) is 9.89 Å². The number of fused-ring (bicyclic) bond motifs is 1. The summed E-state index contributed by atoms with van der Waals surface area (Å²) in [4.78, 5) is 20.7. The molecule has 0 bridgehead atoms. The van der Waals surface area contributed by atoms with Crippen molar-refractivity contribution in [2.24, 2.45) is 10.7 Å². The summed E-state index contributed by atoms with van der Waals surface area (Å²) >= 11 is 0. The van der Waals surface area contributed by atoms with Crippen LogP contribution in [0.4, 0.5) is 16.2 Å². The number of urea groups is 1. The number of carbonyl (C=O) groups is 1. The average Bonchev–Trinajstić information content (AvgIpc) is 3.16. The third-order valence-corrected chi connectivity index (χ3v) is 3.90. The molecule has 2 aromatic rings. The highest BCUT2D eigenvalue weighted by Gasteiger charge is 2.19. The Morgan fingerprint density at radius 3 is 2.82 bits per heavy atom. The molecule has 1 aromatic carbocycles. The first kappa shape index (κ1) is 14.1. The average molecular weight is 294 g/mol. The number of nitrogens with one attached hydrogen (secondary N) is 1. The number of rotatable bonds is 3. The van der Waals surface area contributed by atoms with Crippen molar-refractivity contribution < 1.29 is 4.79 Å². The minimum absolute atomic E-state index is 0.451. The molecule has 0 spiro atoms. The number of aliphatic imine (C=N–C) groups is 1. The van der Waals surface area contributed by atoms with E-state index in [0.717, 1.165) is 33.8 Å². The predicted molar refractivity (Wildman–Crippen MR) is 90.5 cm³/mol. The molecule has 2 amide bonds. The van der Waals surface area contributed by atoms with Crippen LogP contribution in [0.3, 0.4) is 0 Å². The summed E-state index contributed by atoms with van der Waals surface area (Å²) in [5.41, 5.74) is 11.4. The van der Waals surface area contributed by atoms with E-state index in [1.807, 2.05) is 49.7 Å². The van der Waals surface area contributed by atoms with E-state index in [1.165, 1.54) is 0 Å². The van der Waals surface area contributed by atoms with Crippen LogP contribution >= 0.6 is 0 Å². The highest BCUT2D eigenvalue weighted by Crippen LogP contribution is 2.38. The summed E-state index contributed by atoms with van der Waals surface area (Å²) in [5.74, 6) is 0. The lowest BCUT2D eigenvalue weighted by atomic mass is 9.99. The maximum atomic E-state index is 11.5. The zero-order chi connectivity index (χ0) is 15.7. The van der Waals surface area contributed by atoms with Crippen LogP contribution in [0.2, 0.25) is 0 Å². The molecule has 0 aliphatic carbocycles. The second-order valence-corrected chi connectivity index (χ2v) is 5.16. The third-order valence-electron chi connectivity index (χ3n) is 3.90. The van der Waals surface area contributed by atoms with Gasteiger partial charge in [-0.1, -0.05) is 0 Å². The molecule has 1 aromatic heterocycles. The second kappa shape index (κ2) is 5.52. The minimum Gasteiger partial charge on any atom is -0.361 e. The van der Waals surface area contributed by atoms with Crippen molar-refractivity contribution in [3.8, 4) is 0 Å². The lowest BCUT2D eigenvalue weighted by molar-refractivity contribution is 0.254. The quantitative estimate of drug-likeness (QED) is 0.892. The second-order valence-electron chi connectivity index (χ2n) is 5.16. The van der Waals surface area contributed by atoms with Crippen LogP contribution in [0.5, 0.6) is 0 Å². The smallest absolute Gasteiger partial charge is 0.319 e. The monoisotopic (exact) mass is 294 g/mol. The van der Waals surface area contributed by atoms with E-state index in [0.29, 0.717) is 6.54 Å². The Bertz CT molecular complexity index is 772. The molecular weight excluding hydrogens is 276 g/mol. The molecule has 112 valence electrons. The van der Waals surface area contributed by atoms with Gasteiger partial charge in [-0.05, 0) is 49.8 Å². The van der Waals surface area contributed by atoms with Crippen LogP contribution in [0, 0.1) is 0 Å². The van der Waals surface area contributed by atoms with Gasteiger partial charge in [-0.15, -0.1) is 0 Å². The maximum Gasteiger partial charge on any atom is 0.319 e. The van der Waals surface area contributed by atoms with Crippen molar-refractivity contribution in [3.05, 3.63) is 47.8 Å². The molecule has 1 aliphatic heterocycles. The summed E-state index contributed by atoms with van der Waals surface area (Å²) in [6.45, 7) is 4.49. The van der Waals surface area contributed by atoms with E-state index in [1.54, 1.807) is 4.90 Å². The van der Waals surface area contributed by atoms with Crippen LogP contribution in [-0.4, -0.2) is 23.8 Å². The van der Waals surface area contributed by atoms with Gasteiger partial charge in [0.1, 0.15) is 0 Å². The van der Waals surface area contributed by atoms with Gasteiger partial charge in [0.25, 0.3) is 0 Å². The van der Waals surface area contributed by atoms with Gasteiger partial charge in [0, 0.05) is 41.5 Å². The minimum atomic E-state index is -0.451. The fraction of sp³-hybridized carbons (Fsp3) is 0.176. The van der Waals surface area contributed by atoms with Crippen LogP contribution in [0.15, 0.2) is 41.5 Å². The summed E-state index contributed by atoms with van der Waals surface area (Å²) < 4.78 is 0. The summed E-state index contributed by atoms with van der Waals surface area (Å²) in [6, 6.07) is 9.30. The SMILES string of the molecule is CCN(C(N)=O)c1ccc2c(c1)C(=C(C)c1ccc[nH]1)C=N2. The summed E-state index contributed by atoms with van der Waals surface area (Å²) in [5, 5.41) is 0. The number of H-pyrrole nitrogens is 1. The highest BCUT2D eigenvalue weighted by molar-refractivity contribution is 6.24. The molecule has 5 nitrogen and oxygen atoms in total. The van der Waals surface area contributed by atoms with E-state index < -0.39 is 6.03 Å². The van der Waals surface area contributed by atoms with E-state index >= 15 is 0 Å². The molecule has 22 heavy (non-hydrogen) atoms. The van der Waals surface area contributed by atoms with Crippen molar-refractivity contribution >= 4 is 34.8 Å². The van der Waals surface area contributed by atoms with Gasteiger partial charge in [-0.2, -0.15) is 0 Å². The molecule has 0 fully saturated rings. The molecule has 0 saturated heterocycles. The number of anilines is 1. The number of allylic oxidation sites excluding steroid dienone is 2. The molecule has 3 N–H and O–H groups in total. The van der Waals surface area contributed by atoms with Crippen molar-refractivity contribution in [2.75, 3.05) is 11.4 Å². The number of aromatic amines is 1. The Morgan fingerprint density at radius 2 is 2.18 bits per heavy atom. The number of nitrogens with two attached hydrogens (primary N) is 1. The first-order valence-corrected chi connectivity index (χ1v) is 7.22. The van der Waals surface area contributed by atoms with Crippen LogP contribution in [-0.2, 0) is 0 Å². The van der Waals surface area contributed by atoms with Crippen LogP contribution in [0.1, 0.15) is 25.1 Å². The predicted octanol–water partition coefficient (Wildman–Crippen LogP) is 3.57. The first-order chi connectivity index (χ1) is 10.6. The number of carbonyl (C=O) groups excluding carboxylic acids is 1. The molecule has 0 saturated carbocycles. The number of aromatic nitrogens is 1. The summed E-state index contributed by atoms with van der Waals surface area (Å²) in [7, 11) is 0. The number of primary amides is 1. The zero-order valence-electron chi connectivity index (χ0n) is 12.6. The largest absolute Gasteiger partial charge is 0.361 e. The van der Waals surface area contributed by atoms with Gasteiger partial charge < -0.3 is 10.7 Å². The van der Waals surface area contributed by atoms with Crippen molar-refractivity contribution in [1.82, 2.24) is 4.98 Å². The lowest BCUT2D eigenvalue weighted by Crippen LogP contribution is -2.35. The Balaban J connectivity index is 2.08. The Morgan fingerprint density at radius 1 is 1.36 bits per heavy atom. The molecule has 0 radical (unpaired) electrons. The zero-order valence-corrected chi connectivity index (χ0v) is 12.6. The first-order valence-electron chi connectivity index (χ1n) is 7.22. The Hall–Kier alpha value is -2.82. The standard InChI is InChI=1S/C17H18N4O/c1-3-21(17(18)22)12-6-7-16-13(9-12)14(10-20-16)11(2)15-5-4-8-19-15/h4-10,19H,3H2,1-2H3,(H2,18,22). The molecule has 3 rings (SSSR count). The number of hydrogen-bond acceptors (Lipinski definition) is 2. The van der Waals surface area contributed by atoms with E-state index in [-0.39, 0.29) is 0 Å². The molecule has 1 aliphatic rings. The number of benzene rings is 1. The lowest BCUT2D eigenvalue weighted by Gasteiger charge is -2.19. The van der Waals surface area contributed by atoms with Crippen molar-refractivity contribution in [1.29, 1.82) is 0 Å². The third kappa shape index (κ3) is 2.30.